The molecule has 0 atom stereocenters. The zero-order valence-electron chi connectivity index (χ0n) is 26.8. The minimum atomic E-state index is 0.830. The fraction of sp³-hybridized carbons (Fsp3) is 0. The van der Waals surface area contributed by atoms with E-state index >= 15 is 0 Å². The predicted molar refractivity (Wildman–Crippen MR) is 206 cm³/mol. The molecular weight excluding hydrogens is 597 g/mol. The van der Waals surface area contributed by atoms with Crippen molar-refractivity contribution in [2.75, 3.05) is 9.80 Å². The molecule has 0 radical (unpaired) electrons. The number of furan rings is 1. The summed E-state index contributed by atoms with van der Waals surface area (Å²) in [6.45, 7) is 0. The molecule has 0 aliphatic heterocycles. The molecule has 0 aliphatic rings. The molecule has 0 spiro atoms. The van der Waals surface area contributed by atoms with Gasteiger partial charge in [-0.15, -0.1) is 0 Å². The Labute approximate surface area is 285 Å². The minimum Gasteiger partial charge on any atom is -0.456 e. The molecular formula is C46H32N2O. The van der Waals surface area contributed by atoms with E-state index in [1.54, 1.807) is 0 Å². The van der Waals surface area contributed by atoms with Crippen LogP contribution in [0.3, 0.4) is 0 Å². The van der Waals surface area contributed by atoms with Gasteiger partial charge in [0.25, 0.3) is 0 Å². The van der Waals surface area contributed by atoms with E-state index in [2.05, 4.69) is 204 Å². The van der Waals surface area contributed by atoms with Crippen LogP contribution in [0, 0.1) is 0 Å². The molecule has 1 heterocycles. The number of hydrogen-bond acceptors (Lipinski definition) is 3. The largest absolute Gasteiger partial charge is 0.456 e. The van der Waals surface area contributed by atoms with Crippen LogP contribution in [0.4, 0.5) is 34.1 Å². The van der Waals surface area contributed by atoms with Crippen LogP contribution in [0.1, 0.15) is 0 Å². The van der Waals surface area contributed by atoms with Crippen molar-refractivity contribution in [1.29, 1.82) is 0 Å². The number of para-hydroxylation sites is 3. The first-order chi connectivity index (χ1) is 24.3. The van der Waals surface area contributed by atoms with E-state index in [4.69, 9.17) is 4.42 Å². The third-order valence-electron chi connectivity index (χ3n) is 9.18. The van der Waals surface area contributed by atoms with Crippen molar-refractivity contribution in [2.45, 2.75) is 0 Å². The summed E-state index contributed by atoms with van der Waals surface area (Å²) in [5.74, 6) is 0. The molecule has 8 aromatic carbocycles. The Morgan fingerprint density at radius 3 is 1.55 bits per heavy atom. The number of anilines is 6. The van der Waals surface area contributed by atoms with Gasteiger partial charge in [0.05, 0.1) is 16.8 Å². The lowest BCUT2D eigenvalue weighted by Crippen LogP contribution is -2.13. The molecule has 0 aliphatic carbocycles. The maximum atomic E-state index is 6.83. The molecule has 0 unspecified atom stereocenters. The zero-order valence-corrected chi connectivity index (χ0v) is 26.8. The van der Waals surface area contributed by atoms with Crippen LogP contribution < -0.4 is 9.80 Å². The lowest BCUT2D eigenvalue weighted by atomic mass is 10.0. The summed E-state index contributed by atoms with van der Waals surface area (Å²) in [4.78, 5) is 4.68. The van der Waals surface area contributed by atoms with Crippen LogP contribution >= 0.6 is 0 Å². The second-order valence-electron chi connectivity index (χ2n) is 12.2. The summed E-state index contributed by atoms with van der Waals surface area (Å²) in [6, 6.07) is 68.4. The zero-order chi connectivity index (χ0) is 32.6. The van der Waals surface area contributed by atoms with Crippen LogP contribution in [0.5, 0.6) is 0 Å². The lowest BCUT2D eigenvalue weighted by Gasteiger charge is -2.30. The molecule has 3 nitrogen and oxygen atoms in total. The van der Waals surface area contributed by atoms with Gasteiger partial charge in [-0.25, -0.2) is 0 Å². The van der Waals surface area contributed by atoms with Gasteiger partial charge < -0.3 is 14.2 Å². The first kappa shape index (κ1) is 28.6. The molecule has 0 bridgehead atoms. The normalized spacial score (nSPS) is 11.3. The number of rotatable bonds is 7. The Balaban J connectivity index is 1.37. The highest BCUT2D eigenvalue weighted by atomic mass is 16.3. The predicted octanol–water partition coefficient (Wildman–Crippen LogP) is 13.3. The average molecular weight is 629 g/mol. The Bertz CT molecular complexity index is 2500. The van der Waals surface area contributed by atoms with E-state index in [0.717, 1.165) is 61.6 Å². The highest BCUT2D eigenvalue weighted by Gasteiger charge is 2.24. The molecule has 0 saturated carbocycles. The van der Waals surface area contributed by atoms with Crippen LogP contribution in [-0.2, 0) is 0 Å². The standard InChI is InChI=1S/C46H32N2O/c1-5-16-33(17-6-1)35-19-15-26-39(30-35)47(36-20-7-2-8-21-36)40-31-42(48(37-22-9-3-10-23-37)38-24-11-4-12-25-38)46-44(32-40)49-43-29-28-34-18-13-14-27-41(34)45(43)46/h1-32H. The number of nitrogens with zero attached hydrogens (tertiary/aromatic N) is 2. The summed E-state index contributed by atoms with van der Waals surface area (Å²) in [5.41, 5.74) is 10.3. The van der Waals surface area contributed by atoms with E-state index in [-0.39, 0.29) is 0 Å². The first-order valence-corrected chi connectivity index (χ1v) is 16.6. The Hall–Kier alpha value is -6.58. The lowest BCUT2D eigenvalue weighted by molar-refractivity contribution is 0.669. The van der Waals surface area contributed by atoms with Crippen LogP contribution in [0.2, 0.25) is 0 Å². The van der Waals surface area contributed by atoms with Gasteiger partial charge in [-0.2, -0.15) is 0 Å². The molecule has 9 aromatic rings. The monoisotopic (exact) mass is 628 g/mol. The summed E-state index contributed by atoms with van der Waals surface area (Å²) in [5, 5.41) is 4.55. The summed E-state index contributed by atoms with van der Waals surface area (Å²) < 4.78 is 6.83. The van der Waals surface area contributed by atoms with Crippen molar-refractivity contribution in [3.63, 3.8) is 0 Å². The van der Waals surface area contributed by atoms with Gasteiger partial charge in [-0.3, -0.25) is 0 Å². The van der Waals surface area contributed by atoms with E-state index in [1.807, 2.05) is 0 Å². The van der Waals surface area contributed by atoms with Crippen molar-refractivity contribution in [1.82, 2.24) is 0 Å². The number of benzene rings is 8. The topological polar surface area (TPSA) is 19.6 Å². The molecule has 0 amide bonds. The van der Waals surface area contributed by atoms with Crippen LogP contribution in [0.15, 0.2) is 199 Å². The molecule has 49 heavy (non-hydrogen) atoms. The fourth-order valence-electron chi connectivity index (χ4n) is 7.00. The molecule has 9 rings (SSSR count). The van der Waals surface area contributed by atoms with Crippen molar-refractivity contribution in [2.24, 2.45) is 0 Å². The van der Waals surface area contributed by atoms with Crippen molar-refractivity contribution < 1.29 is 4.42 Å². The Morgan fingerprint density at radius 1 is 0.327 bits per heavy atom. The molecule has 3 heteroatoms. The molecule has 0 fully saturated rings. The van der Waals surface area contributed by atoms with Gasteiger partial charge in [0, 0.05) is 34.2 Å². The van der Waals surface area contributed by atoms with Crippen LogP contribution in [0.25, 0.3) is 43.8 Å². The van der Waals surface area contributed by atoms with Gasteiger partial charge in [-0.1, -0.05) is 127 Å². The average Bonchev–Trinajstić information content (AvgIpc) is 3.56. The van der Waals surface area contributed by atoms with Crippen molar-refractivity contribution in [3.8, 4) is 11.1 Å². The van der Waals surface area contributed by atoms with Gasteiger partial charge >= 0.3 is 0 Å². The van der Waals surface area contributed by atoms with E-state index in [0.29, 0.717) is 0 Å². The molecule has 232 valence electrons. The number of fused-ring (bicyclic) bond motifs is 5. The van der Waals surface area contributed by atoms with E-state index < -0.39 is 0 Å². The quantitative estimate of drug-likeness (QED) is 0.175. The summed E-state index contributed by atoms with van der Waals surface area (Å²) in [7, 11) is 0. The fourth-order valence-corrected chi connectivity index (χ4v) is 7.00. The smallest absolute Gasteiger partial charge is 0.139 e. The highest BCUT2D eigenvalue weighted by molar-refractivity contribution is 6.24. The van der Waals surface area contributed by atoms with Crippen LogP contribution in [-0.4, -0.2) is 0 Å². The first-order valence-electron chi connectivity index (χ1n) is 16.6. The Kier molecular flexibility index (Phi) is 7.14. The maximum Gasteiger partial charge on any atom is 0.139 e. The molecule has 0 N–H and O–H groups in total. The van der Waals surface area contributed by atoms with Gasteiger partial charge in [0.15, 0.2) is 0 Å². The molecule has 0 saturated heterocycles. The van der Waals surface area contributed by atoms with Gasteiger partial charge in [0.1, 0.15) is 11.2 Å². The van der Waals surface area contributed by atoms with Crippen molar-refractivity contribution >= 4 is 66.8 Å². The second-order valence-corrected chi connectivity index (χ2v) is 12.2. The van der Waals surface area contributed by atoms with Gasteiger partial charge in [0.2, 0.25) is 0 Å². The number of hydrogen-bond donors (Lipinski definition) is 0. The van der Waals surface area contributed by atoms with Crippen molar-refractivity contribution in [3.05, 3.63) is 194 Å². The van der Waals surface area contributed by atoms with Gasteiger partial charge in [-0.05, 0) is 82.6 Å². The molecule has 1 aromatic heterocycles. The minimum absolute atomic E-state index is 0.830. The third kappa shape index (κ3) is 5.18. The van der Waals surface area contributed by atoms with E-state index in [9.17, 15) is 0 Å². The summed E-state index contributed by atoms with van der Waals surface area (Å²) in [6.07, 6.45) is 0. The SMILES string of the molecule is c1ccc(-c2cccc(N(c3ccccc3)c3cc(N(c4ccccc4)c4ccccc4)c4c(c3)oc3ccc5ccccc5c34)c2)cc1. The van der Waals surface area contributed by atoms with E-state index in [1.165, 1.54) is 16.3 Å². The third-order valence-corrected chi connectivity index (χ3v) is 9.18. The second kappa shape index (κ2) is 12.2. The highest BCUT2D eigenvalue weighted by Crippen LogP contribution is 2.48. The Morgan fingerprint density at radius 2 is 0.878 bits per heavy atom. The summed E-state index contributed by atoms with van der Waals surface area (Å²) >= 11 is 0. The maximum absolute atomic E-state index is 6.83.